The predicted octanol–water partition coefficient (Wildman–Crippen LogP) is 1.40. The van der Waals surface area contributed by atoms with Crippen molar-refractivity contribution in [2.75, 3.05) is 13.2 Å². The van der Waals surface area contributed by atoms with Crippen LogP contribution in [0.1, 0.15) is 31.9 Å². The summed E-state index contributed by atoms with van der Waals surface area (Å²) in [6.07, 6.45) is 5.57. The number of aliphatic hydroxyl groups excluding tert-OH is 1. The van der Waals surface area contributed by atoms with E-state index in [1.807, 2.05) is 10.9 Å². The average Bonchev–Trinajstić information content (AvgIpc) is 2.97. The molecule has 1 heterocycles. The summed E-state index contributed by atoms with van der Waals surface area (Å²) in [7, 11) is 0. The van der Waals surface area contributed by atoms with E-state index in [9.17, 15) is 5.11 Å². The Morgan fingerprint density at radius 2 is 2.29 bits per heavy atom. The lowest BCUT2D eigenvalue weighted by molar-refractivity contribution is 0.192. The van der Waals surface area contributed by atoms with Gasteiger partial charge in [0.05, 0.1) is 5.69 Å². The highest BCUT2D eigenvalue weighted by atomic mass is 16.3. The van der Waals surface area contributed by atoms with Gasteiger partial charge < -0.3 is 10.4 Å². The summed E-state index contributed by atoms with van der Waals surface area (Å²) >= 11 is 0. The maximum atomic E-state index is 9.26. The lowest BCUT2D eigenvalue weighted by Gasteiger charge is -2.17. The number of aliphatic hydroxyl groups is 1. The van der Waals surface area contributed by atoms with Gasteiger partial charge in [-0.3, -0.25) is 4.68 Å². The number of aromatic nitrogens is 2. The van der Waals surface area contributed by atoms with Crippen LogP contribution in [0, 0.1) is 11.8 Å². The van der Waals surface area contributed by atoms with Crippen molar-refractivity contribution >= 4 is 0 Å². The fourth-order valence-corrected chi connectivity index (χ4v) is 2.80. The molecule has 96 valence electrons. The van der Waals surface area contributed by atoms with Gasteiger partial charge in [0.1, 0.15) is 0 Å². The summed E-state index contributed by atoms with van der Waals surface area (Å²) in [5, 5.41) is 17.0. The lowest BCUT2D eigenvalue weighted by atomic mass is 9.97. The van der Waals surface area contributed by atoms with Crippen LogP contribution < -0.4 is 5.32 Å². The second kappa shape index (κ2) is 6.17. The molecule has 2 N–H and O–H groups in total. The number of nitrogens with zero attached hydrogens (tertiary/aromatic N) is 2. The van der Waals surface area contributed by atoms with Crippen molar-refractivity contribution in [3.8, 4) is 0 Å². The third-order valence-corrected chi connectivity index (χ3v) is 3.87. The molecule has 1 aromatic rings. The molecular weight excluding hydrogens is 214 g/mol. The van der Waals surface area contributed by atoms with Gasteiger partial charge >= 0.3 is 0 Å². The van der Waals surface area contributed by atoms with Crippen LogP contribution >= 0.6 is 0 Å². The van der Waals surface area contributed by atoms with E-state index in [1.165, 1.54) is 25.0 Å². The Hall–Kier alpha value is -0.870. The van der Waals surface area contributed by atoms with Gasteiger partial charge in [-0.15, -0.1) is 0 Å². The van der Waals surface area contributed by atoms with Gasteiger partial charge in [-0.05, 0) is 44.2 Å². The highest BCUT2D eigenvalue weighted by molar-refractivity contribution is 4.99. The minimum absolute atomic E-state index is 0.346. The fourth-order valence-electron chi connectivity index (χ4n) is 2.80. The van der Waals surface area contributed by atoms with Gasteiger partial charge in [-0.2, -0.15) is 5.10 Å². The largest absolute Gasteiger partial charge is 0.396 e. The third-order valence-electron chi connectivity index (χ3n) is 3.87. The van der Waals surface area contributed by atoms with Crippen LogP contribution in [0.15, 0.2) is 12.3 Å². The smallest absolute Gasteiger partial charge is 0.0521 e. The lowest BCUT2D eigenvalue weighted by Crippen LogP contribution is -2.27. The molecule has 1 aliphatic rings. The summed E-state index contributed by atoms with van der Waals surface area (Å²) in [4.78, 5) is 0. The highest BCUT2D eigenvalue weighted by Crippen LogP contribution is 2.30. The summed E-state index contributed by atoms with van der Waals surface area (Å²) in [6, 6.07) is 2.06. The number of aryl methyl sites for hydroxylation is 1. The molecule has 17 heavy (non-hydrogen) atoms. The topological polar surface area (TPSA) is 50.1 Å². The van der Waals surface area contributed by atoms with Crippen molar-refractivity contribution in [1.29, 1.82) is 0 Å². The quantitative estimate of drug-likeness (QED) is 0.786. The molecule has 2 atom stereocenters. The first-order valence-corrected chi connectivity index (χ1v) is 6.67. The highest BCUT2D eigenvalue weighted by Gasteiger charge is 2.25. The Kier molecular flexibility index (Phi) is 4.57. The van der Waals surface area contributed by atoms with E-state index in [-0.39, 0.29) is 0 Å². The molecule has 2 unspecified atom stereocenters. The van der Waals surface area contributed by atoms with E-state index in [1.54, 1.807) is 0 Å². The van der Waals surface area contributed by atoms with Gasteiger partial charge in [-0.1, -0.05) is 6.42 Å². The van der Waals surface area contributed by atoms with Gasteiger partial charge in [0.15, 0.2) is 0 Å². The number of nitrogens with one attached hydrogen (secondary N) is 1. The second-order valence-corrected chi connectivity index (χ2v) is 4.90. The minimum Gasteiger partial charge on any atom is -0.396 e. The Labute approximate surface area is 103 Å². The Morgan fingerprint density at radius 3 is 3.06 bits per heavy atom. The van der Waals surface area contributed by atoms with Crippen molar-refractivity contribution in [2.24, 2.45) is 11.8 Å². The van der Waals surface area contributed by atoms with Crippen LogP contribution in [-0.2, 0) is 13.1 Å². The van der Waals surface area contributed by atoms with E-state index < -0.39 is 0 Å². The van der Waals surface area contributed by atoms with Gasteiger partial charge in [-0.25, -0.2) is 0 Å². The molecule has 1 aromatic heterocycles. The molecule has 1 saturated carbocycles. The SMILES string of the molecule is CCn1nccc1CNCC1CCCC1CO. The molecular formula is C13H23N3O. The van der Waals surface area contributed by atoms with Gasteiger partial charge in [0.25, 0.3) is 0 Å². The zero-order valence-corrected chi connectivity index (χ0v) is 10.6. The molecule has 4 heteroatoms. The molecule has 0 radical (unpaired) electrons. The monoisotopic (exact) mass is 237 g/mol. The van der Waals surface area contributed by atoms with E-state index in [2.05, 4.69) is 23.4 Å². The van der Waals surface area contributed by atoms with E-state index >= 15 is 0 Å². The Bertz CT molecular complexity index is 337. The summed E-state index contributed by atoms with van der Waals surface area (Å²) < 4.78 is 2.02. The molecule has 2 rings (SSSR count). The van der Waals surface area contributed by atoms with Crippen molar-refractivity contribution < 1.29 is 5.11 Å². The summed E-state index contributed by atoms with van der Waals surface area (Å²) in [6.45, 7) is 5.27. The Balaban J connectivity index is 1.76. The molecule has 4 nitrogen and oxygen atoms in total. The van der Waals surface area contributed by atoms with Crippen LogP contribution in [0.4, 0.5) is 0 Å². The molecule has 0 bridgehead atoms. The zero-order chi connectivity index (χ0) is 12.1. The van der Waals surface area contributed by atoms with E-state index in [0.29, 0.717) is 18.4 Å². The molecule has 1 aliphatic carbocycles. The molecule has 1 fully saturated rings. The first kappa shape index (κ1) is 12.6. The zero-order valence-electron chi connectivity index (χ0n) is 10.6. The molecule has 0 spiro atoms. The maximum absolute atomic E-state index is 9.26. The summed E-state index contributed by atoms with van der Waals surface area (Å²) in [5.74, 6) is 1.16. The van der Waals surface area contributed by atoms with E-state index in [0.717, 1.165) is 19.6 Å². The molecule has 0 aromatic carbocycles. The van der Waals surface area contributed by atoms with Crippen LogP contribution in [0.2, 0.25) is 0 Å². The van der Waals surface area contributed by atoms with Crippen LogP contribution in [0.5, 0.6) is 0 Å². The maximum Gasteiger partial charge on any atom is 0.0521 e. The van der Waals surface area contributed by atoms with Crippen molar-refractivity contribution in [1.82, 2.24) is 15.1 Å². The molecule has 0 aliphatic heterocycles. The first-order chi connectivity index (χ1) is 8.35. The number of hydrogen-bond acceptors (Lipinski definition) is 3. The number of hydrogen-bond donors (Lipinski definition) is 2. The van der Waals surface area contributed by atoms with Crippen molar-refractivity contribution in [2.45, 2.75) is 39.3 Å². The Morgan fingerprint density at radius 1 is 1.47 bits per heavy atom. The van der Waals surface area contributed by atoms with Gasteiger partial charge in [0, 0.05) is 25.9 Å². The normalized spacial score (nSPS) is 24.4. The second-order valence-electron chi connectivity index (χ2n) is 4.90. The fraction of sp³-hybridized carbons (Fsp3) is 0.769. The minimum atomic E-state index is 0.346. The number of rotatable bonds is 6. The first-order valence-electron chi connectivity index (χ1n) is 6.67. The van der Waals surface area contributed by atoms with Crippen LogP contribution in [-0.4, -0.2) is 28.0 Å². The van der Waals surface area contributed by atoms with E-state index in [4.69, 9.17) is 0 Å². The predicted molar refractivity (Wildman–Crippen MR) is 67.5 cm³/mol. The average molecular weight is 237 g/mol. The molecule has 0 amide bonds. The van der Waals surface area contributed by atoms with Crippen molar-refractivity contribution in [3.63, 3.8) is 0 Å². The van der Waals surface area contributed by atoms with Crippen LogP contribution in [0.3, 0.4) is 0 Å². The third kappa shape index (κ3) is 3.07. The van der Waals surface area contributed by atoms with Crippen molar-refractivity contribution in [3.05, 3.63) is 18.0 Å². The standard InChI is InChI=1S/C13H23N3O/c1-2-16-13(6-7-15-16)9-14-8-11-4-3-5-12(11)10-17/h6-7,11-12,14,17H,2-5,8-10H2,1H3. The van der Waals surface area contributed by atoms with Gasteiger partial charge in [0.2, 0.25) is 0 Å². The molecule has 0 saturated heterocycles. The van der Waals surface area contributed by atoms with Crippen LogP contribution in [0.25, 0.3) is 0 Å². The summed E-state index contributed by atoms with van der Waals surface area (Å²) in [5.41, 5.74) is 1.24.